The van der Waals surface area contributed by atoms with Crippen LogP contribution in [0, 0.1) is 0 Å². The standard InChI is InChI=1S/C14H18BrNO2/c1-2-4-14(17)16-8-7-13(10-16)18-12-6-3-5-11(15)9-12/h3,5-6,9,13H,2,4,7-8,10H2,1H3. The second-order valence-corrected chi connectivity index (χ2v) is 5.49. The average Bonchev–Trinajstić information content (AvgIpc) is 2.78. The molecule has 0 spiro atoms. The van der Waals surface area contributed by atoms with Crippen LogP contribution < -0.4 is 4.74 Å². The fourth-order valence-electron chi connectivity index (χ4n) is 2.16. The molecular formula is C14H18BrNO2. The van der Waals surface area contributed by atoms with Crippen LogP contribution >= 0.6 is 15.9 Å². The summed E-state index contributed by atoms with van der Waals surface area (Å²) in [7, 11) is 0. The summed E-state index contributed by atoms with van der Waals surface area (Å²) in [6.07, 6.45) is 2.60. The summed E-state index contributed by atoms with van der Waals surface area (Å²) >= 11 is 3.42. The van der Waals surface area contributed by atoms with E-state index in [1.54, 1.807) is 0 Å². The van der Waals surface area contributed by atoms with Crippen molar-refractivity contribution in [3.8, 4) is 5.75 Å². The monoisotopic (exact) mass is 311 g/mol. The Balaban J connectivity index is 1.88. The molecule has 1 aromatic rings. The predicted molar refractivity (Wildman–Crippen MR) is 74.7 cm³/mol. The summed E-state index contributed by atoms with van der Waals surface area (Å²) in [4.78, 5) is 13.7. The number of rotatable bonds is 4. The summed E-state index contributed by atoms with van der Waals surface area (Å²) in [5, 5.41) is 0. The van der Waals surface area contributed by atoms with E-state index in [1.807, 2.05) is 36.1 Å². The molecule has 1 heterocycles. The number of ether oxygens (including phenoxy) is 1. The molecule has 18 heavy (non-hydrogen) atoms. The van der Waals surface area contributed by atoms with Crippen LogP contribution in [0.5, 0.6) is 5.75 Å². The molecule has 2 rings (SSSR count). The largest absolute Gasteiger partial charge is 0.488 e. The Bertz CT molecular complexity index is 422. The van der Waals surface area contributed by atoms with Crippen LogP contribution in [0.4, 0.5) is 0 Å². The molecule has 1 fully saturated rings. The highest BCUT2D eigenvalue weighted by Crippen LogP contribution is 2.22. The third-order valence-corrected chi connectivity index (χ3v) is 3.55. The van der Waals surface area contributed by atoms with Crippen molar-refractivity contribution in [2.45, 2.75) is 32.3 Å². The second-order valence-electron chi connectivity index (χ2n) is 4.58. The molecule has 98 valence electrons. The van der Waals surface area contributed by atoms with E-state index in [2.05, 4.69) is 15.9 Å². The summed E-state index contributed by atoms with van der Waals surface area (Å²) in [6, 6.07) is 7.82. The van der Waals surface area contributed by atoms with E-state index in [0.29, 0.717) is 13.0 Å². The number of likely N-dealkylation sites (tertiary alicyclic amines) is 1. The first-order chi connectivity index (χ1) is 8.69. The van der Waals surface area contributed by atoms with Gasteiger partial charge in [0.05, 0.1) is 6.54 Å². The Hall–Kier alpha value is -1.03. The molecule has 1 aromatic carbocycles. The molecule has 0 N–H and O–H groups in total. The van der Waals surface area contributed by atoms with Gasteiger partial charge in [-0.05, 0) is 24.6 Å². The molecule has 0 saturated carbocycles. The minimum Gasteiger partial charge on any atom is -0.488 e. The summed E-state index contributed by atoms with van der Waals surface area (Å²) in [6.45, 7) is 3.56. The molecular weight excluding hydrogens is 294 g/mol. The number of nitrogens with zero attached hydrogens (tertiary/aromatic N) is 1. The number of amides is 1. The van der Waals surface area contributed by atoms with Gasteiger partial charge in [-0.2, -0.15) is 0 Å². The highest BCUT2D eigenvalue weighted by atomic mass is 79.9. The number of benzene rings is 1. The number of hydrogen-bond acceptors (Lipinski definition) is 2. The first-order valence-electron chi connectivity index (χ1n) is 6.39. The van der Waals surface area contributed by atoms with Crippen molar-refractivity contribution in [2.75, 3.05) is 13.1 Å². The summed E-state index contributed by atoms with van der Waals surface area (Å²) in [5.41, 5.74) is 0. The predicted octanol–water partition coefficient (Wildman–Crippen LogP) is 3.23. The lowest BCUT2D eigenvalue weighted by atomic mass is 10.3. The molecule has 0 bridgehead atoms. The fourth-order valence-corrected chi connectivity index (χ4v) is 2.53. The zero-order valence-corrected chi connectivity index (χ0v) is 12.1. The summed E-state index contributed by atoms with van der Waals surface area (Å²) < 4.78 is 6.90. The van der Waals surface area contributed by atoms with Gasteiger partial charge in [0, 0.05) is 23.9 Å². The van der Waals surface area contributed by atoms with Crippen molar-refractivity contribution in [1.82, 2.24) is 4.90 Å². The number of carbonyl (C=O) groups is 1. The summed E-state index contributed by atoms with van der Waals surface area (Å²) in [5.74, 6) is 1.11. The molecule has 1 aliphatic heterocycles. The van der Waals surface area contributed by atoms with E-state index >= 15 is 0 Å². The number of halogens is 1. The number of carbonyl (C=O) groups excluding carboxylic acids is 1. The van der Waals surface area contributed by atoms with E-state index < -0.39 is 0 Å². The van der Waals surface area contributed by atoms with Crippen LogP contribution in [0.15, 0.2) is 28.7 Å². The van der Waals surface area contributed by atoms with Gasteiger partial charge in [0.2, 0.25) is 5.91 Å². The molecule has 4 heteroatoms. The molecule has 1 unspecified atom stereocenters. The first kappa shape index (κ1) is 13.4. The minimum atomic E-state index is 0.125. The van der Waals surface area contributed by atoms with Crippen molar-refractivity contribution in [2.24, 2.45) is 0 Å². The molecule has 3 nitrogen and oxygen atoms in total. The zero-order chi connectivity index (χ0) is 13.0. The molecule has 1 atom stereocenters. The molecule has 1 saturated heterocycles. The average molecular weight is 312 g/mol. The Labute approximate surface area is 116 Å². The maximum absolute atomic E-state index is 11.8. The van der Waals surface area contributed by atoms with Gasteiger partial charge in [-0.25, -0.2) is 0 Å². The van der Waals surface area contributed by atoms with Crippen LogP contribution in [0.3, 0.4) is 0 Å². The highest BCUT2D eigenvalue weighted by molar-refractivity contribution is 9.10. The van der Waals surface area contributed by atoms with Crippen LogP contribution in [-0.4, -0.2) is 30.0 Å². The van der Waals surface area contributed by atoms with Gasteiger partial charge in [0.15, 0.2) is 0 Å². The van der Waals surface area contributed by atoms with Gasteiger partial charge in [0.1, 0.15) is 11.9 Å². The lowest BCUT2D eigenvalue weighted by molar-refractivity contribution is -0.130. The van der Waals surface area contributed by atoms with Crippen LogP contribution in [-0.2, 0) is 4.79 Å². The van der Waals surface area contributed by atoms with Crippen molar-refractivity contribution < 1.29 is 9.53 Å². The zero-order valence-electron chi connectivity index (χ0n) is 10.6. The molecule has 0 aromatic heterocycles. The third kappa shape index (κ3) is 3.48. The topological polar surface area (TPSA) is 29.5 Å². The lowest BCUT2D eigenvalue weighted by Gasteiger charge is -2.17. The maximum Gasteiger partial charge on any atom is 0.222 e. The van der Waals surface area contributed by atoms with E-state index in [1.165, 1.54) is 0 Å². The molecule has 0 aliphatic carbocycles. The number of hydrogen-bond donors (Lipinski definition) is 0. The Morgan fingerprint density at radius 3 is 3.11 bits per heavy atom. The van der Waals surface area contributed by atoms with Crippen molar-refractivity contribution >= 4 is 21.8 Å². The van der Waals surface area contributed by atoms with Gasteiger partial charge in [-0.15, -0.1) is 0 Å². The highest BCUT2D eigenvalue weighted by Gasteiger charge is 2.26. The maximum atomic E-state index is 11.8. The first-order valence-corrected chi connectivity index (χ1v) is 7.18. The smallest absolute Gasteiger partial charge is 0.222 e. The SMILES string of the molecule is CCCC(=O)N1CCC(Oc2cccc(Br)c2)C1. The van der Waals surface area contributed by atoms with Crippen LogP contribution in [0.25, 0.3) is 0 Å². The normalized spacial score (nSPS) is 19.0. The van der Waals surface area contributed by atoms with Gasteiger partial charge < -0.3 is 9.64 Å². The van der Waals surface area contributed by atoms with Gasteiger partial charge in [0.25, 0.3) is 0 Å². The Morgan fingerprint density at radius 1 is 1.56 bits per heavy atom. The Morgan fingerprint density at radius 2 is 2.39 bits per heavy atom. The second kappa shape index (κ2) is 6.23. The molecule has 1 amide bonds. The van der Waals surface area contributed by atoms with E-state index in [9.17, 15) is 4.79 Å². The minimum absolute atomic E-state index is 0.125. The van der Waals surface area contributed by atoms with E-state index in [-0.39, 0.29) is 12.0 Å². The molecule has 1 aliphatic rings. The van der Waals surface area contributed by atoms with E-state index in [4.69, 9.17) is 4.74 Å². The fraction of sp³-hybridized carbons (Fsp3) is 0.500. The quantitative estimate of drug-likeness (QED) is 0.854. The van der Waals surface area contributed by atoms with Crippen LogP contribution in [0.1, 0.15) is 26.2 Å². The molecule has 0 radical (unpaired) electrons. The van der Waals surface area contributed by atoms with Crippen molar-refractivity contribution in [3.63, 3.8) is 0 Å². The van der Waals surface area contributed by atoms with Crippen molar-refractivity contribution in [3.05, 3.63) is 28.7 Å². The van der Waals surface area contributed by atoms with Crippen molar-refractivity contribution in [1.29, 1.82) is 0 Å². The van der Waals surface area contributed by atoms with Gasteiger partial charge in [-0.3, -0.25) is 4.79 Å². The third-order valence-electron chi connectivity index (χ3n) is 3.06. The Kier molecular flexibility index (Phi) is 4.64. The van der Waals surface area contributed by atoms with Crippen LogP contribution in [0.2, 0.25) is 0 Å². The van der Waals surface area contributed by atoms with Gasteiger partial charge in [-0.1, -0.05) is 28.9 Å². The van der Waals surface area contributed by atoms with Gasteiger partial charge >= 0.3 is 0 Å². The van der Waals surface area contributed by atoms with E-state index in [0.717, 1.165) is 29.6 Å². The lowest BCUT2D eigenvalue weighted by Crippen LogP contribution is -2.30.